The topological polar surface area (TPSA) is 67.6 Å². The van der Waals surface area contributed by atoms with Crippen molar-refractivity contribution in [1.82, 2.24) is 0 Å². The van der Waals surface area contributed by atoms with Gasteiger partial charge < -0.3 is 20.7 Å². The summed E-state index contributed by atoms with van der Waals surface area (Å²) in [6.07, 6.45) is -0.617. The summed E-state index contributed by atoms with van der Waals surface area (Å²) in [7, 11) is 5.40. The van der Waals surface area contributed by atoms with Crippen LogP contribution in [0.25, 0.3) is 0 Å². The van der Waals surface area contributed by atoms with Crippen molar-refractivity contribution in [3.8, 4) is 0 Å². The molecule has 5 heteroatoms. The van der Waals surface area contributed by atoms with Crippen LogP contribution < -0.4 is 16.0 Å². The molecule has 0 fully saturated rings. The number of rotatable bonds is 5. The van der Waals surface area contributed by atoms with Crippen LogP contribution in [0, 0.1) is 6.92 Å². The Labute approximate surface area is 108 Å². The Morgan fingerprint density at radius 3 is 2.67 bits per heavy atom. The van der Waals surface area contributed by atoms with Gasteiger partial charge in [-0.3, -0.25) is 4.79 Å². The van der Waals surface area contributed by atoms with Gasteiger partial charge in [-0.25, -0.2) is 0 Å². The molecular formula is C13H21N3O2. The van der Waals surface area contributed by atoms with Crippen molar-refractivity contribution in [3.63, 3.8) is 0 Å². The van der Waals surface area contributed by atoms with Gasteiger partial charge in [-0.05, 0) is 24.6 Å². The van der Waals surface area contributed by atoms with Crippen molar-refractivity contribution < 1.29 is 9.53 Å². The number of methoxy groups -OCH3 is 1. The highest BCUT2D eigenvalue weighted by Crippen LogP contribution is 2.22. The molecule has 0 aliphatic rings. The fourth-order valence-electron chi connectivity index (χ4n) is 1.70. The summed E-state index contributed by atoms with van der Waals surface area (Å²) in [5, 5.41) is 2.80. The minimum atomic E-state index is -0.617. The Bertz CT molecular complexity index is 415. The number of benzene rings is 1. The molecule has 1 atom stereocenters. The van der Waals surface area contributed by atoms with Crippen molar-refractivity contribution >= 4 is 17.3 Å². The number of anilines is 2. The Hall–Kier alpha value is -1.59. The van der Waals surface area contributed by atoms with E-state index in [4.69, 9.17) is 10.5 Å². The monoisotopic (exact) mass is 251 g/mol. The van der Waals surface area contributed by atoms with Crippen molar-refractivity contribution in [2.75, 3.05) is 38.0 Å². The number of hydrogen-bond acceptors (Lipinski definition) is 4. The summed E-state index contributed by atoms with van der Waals surface area (Å²) in [5.41, 5.74) is 8.40. The summed E-state index contributed by atoms with van der Waals surface area (Å²) in [4.78, 5) is 13.8. The van der Waals surface area contributed by atoms with E-state index in [1.807, 2.05) is 44.1 Å². The van der Waals surface area contributed by atoms with Crippen LogP contribution in [0.4, 0.5) is 11.4 Å². The predicted molar refractivity (Wildman–Crippen MR) is 74.0 cm³/mol. The second-order valence-corrected chi connectivity index (χ2v) is 4.34. The van der Waals surface area contributed by atoms with E-state index in [1.54, 1.807) is 0 Å². The van der Waals surface area contributed by atoms with Gasteiger partial charge in [0.1, 0.15) is 6.10 Å². The minimum Gasteiger partial charge on any atom is -0.377 e. The van der Waals surface area contributed by atoms with Crippen LogP contribution in [-0.4, -0.2) is 39.8 Å². The van der Waals surface area contributed by atoms with Crippen LogP contribution >= 0.6 is 0 Å². The summed E-state index contributed by atoms with van der Waals surface area (Å²) in [6, 6.07) is 5.76. The molecule has 0 radical (unpaired) electrons. The van der Waals surface area contributed by atoms with Crippen LogP contribution in [0.2, 0.25) is 0 Å². The van der Waals surface area contributed by atoms with Gasteiger partial charge in [0.25, 0.3) is 5.91 Å². The molecule has 0 spiro atoms. The molecule has 0 heterocycles. The normalized spacial score (nSPS) is 12.1. The third-order valence-electron chi connectivity index (χ3n) is 2.75. The number of nitrogens with one attached hydrogen (secondary N) is 1. The molecule has 1 amide bonds. The molecule has 100 valence electrons. The molecule has 0 saturated heterocycles. The average Bonchev–Trinajstić information content (AvgIpc) is 2.32. The van der Waals surface area contributed by atoms with E-state index in [1.165, 1.54) is 7.11 Å². The van der Waals surface area contributed by atoms with E-state index in [-0.39, 0.29) is 12.5 Å². The van der Waals surface area contributed by atoms with Gasteiger partial charge in [-0.15, -0.1) is 0 Å². The van der Waals surface area contributed by atoms with Crippen molar-refractivity contribution in [1.29, 1.82) is 0 Å². The van der Waals surface area contributed by atoms with E-state index >= 15 is 0 Å². The first-order chi connectivity index (χ1) is 8.49. The number of nitrogens with zero attached hydrogens (tertiary/aromatic N) is 1. The first-order valence-electron chi connectivity index (χ1n) is 5.81. The lowest BCUT2D eigenvalue weighted by molar-refractivity contribution is -0.125. The number of carbonyl (C=O) groups is 1. The summed E-state index contributed by atoms with van der Waals surface area (Å²) in [6.45, 7) is 2.19. The van der Waals surface area contributed by atoms with Gasteiger partial charge in [-0.2, -0.15) is 0 Å². The molecule has 18 heavy (non-hydrogen) atoms. The fraction of sp³-hybridized carbons (Fsp3) is 0.462. The SMILES string of the molecule is COC(CN)C(=O)Nc1ccc(C)c(N(C)C)c1. The Morgan fingerprint density at radius 2 is 2.17 bits per heavy atom. The number of nitrogens with two attached hydrogens (primary N) is 1. The Balaban J connectivity index is 2.85. The molecule has 1 rings (SSSR count). The van der Waals surface area contributed by atoms with Crippen LogP contribution in [0.5, 0.6) is 0 Å². The van der Waals surface area contributed by atoms with E-state index in [0.29, 0.717) is 0 Å². The lowest BCUT2D eigenvalue weighted by Gasteiger charge is -2.18. The van der Waals surface area contributed by atoms with Crippen LogP contribution in [0.15, 0.2) is 18.2 Å². The standard InChI is InChI=1S/C13H21N3O2/c1-9-5-6-10(7-11(9)16(2)3)15-13(17)12(8-14)18-4/h5-7,12H,8,14H2,1-4H3,(H,15,17). The molecule has 0 bridgehead atoms. The highest BCUT2D eigenvalue weighted by molar-refractivity contribution is 5.94. The highest BCUT2D eigenvalue weighted by Gasteiger charge is 2.16. The second kappa shape index (κ2) is 6.37. The second-order valence-electron chi connectivity index (χ2n) is 4.34. The summed E-state index contributed by atoms with van der Waals surface area (Å²) >= 11 is 0. The summed E-state index contributed by atoms with van der Waals surface area (Å²) < 4.78 is 4.99. The number of aryl methyl sites for hydroxylation is 1. The smallest absolute Gasteiger partial charge is 0.254 e. The van der Waals surface area contributed by atoms with E-state index < -0.39 is 6.10 Å². The molecule has 0 aromatic heterocycles. The first kappa shape index (κ1) is 14.5. The number of amides is 1. The quantitative estimate of drug-likeness (QED) is 0.818. The number of hydrogen-bond donors (Lipinski definition) is 2. The molecule has 1 aromatic rings. The lowest BCUT2D eigenvalue weighted by Crippen LogP contribution is -2.35. The summed E-state index contributed by atoms with van der Waals surface area (Å²) in [5.74, 6) is -0.228. The molecular weight excluding hydrogens is 230 g/mol. The third-order valence-corrected chi connectivity index (χ3v) is 2.75. The maximum absolute atomic E-state index is 11.8. The van der Waals surface area contributed by atoms with Crippen molar-refractivity contribution in [2.24, 2.45) is 5.73 Å². The molecule has 1 unspecified atom stereocenters. The van der Waals surface area contributed by atoms with Gasteiger partial charge in [0.2, 0.25) is 0 Å². The van der Waals surface area contributed by atoms with E-state index in [9.17, 15) is 4.79 Å². The van der Waals surface area contributed by atoms with Gasteiger partial charge in [0, 0.05) is 39.1 Å². The Morgan fingerprint density at radius 1 is 1.50 bits per heavy atom. The lowest BCUT2D eigenvalue weighted by atomic mass is 10.1. The van der Waals surface area contributed by atoms with Crippen LogP contribution in [0.1, 0.15) is 5.56 Å². The molecule has 0 aliphatic carbocycles. The van der Waals surface area contributed by atoms with Gasteiger partial charge in [0.15, 0.2) is 0 Å². The van der Waals surface area contributed by atoms with Crippen molar-refractivity contribution in [3.05, 3.63) is 23.8 Å². The van der Waals surface area contributed by atoms with E-state index in [2.05, 4.69) is 5.32 Å². The zero-order chi connectivity index (χ0) is 13.7. The van der Waals surface area contributed by atoms with Crippen LogP contribution in [0.3, 0.4) is 0 Å². The zero-order valence-corrected chi connectivity index (χ0v) is 11.4. The molecule has 1 aromatic carbocycles. The van der Waals surface area contributed by atoms with Gasteiger partial charge in [-0.1, -0.05) is 6.07 Å². The fourth-order valence-corrected chi connectivity index (χ4v) is 1.70. The average molecular weight is 251 g/mol. The third kappa shape index (κ3) is 3.45. The molecule has 0 aliphatic heterocycles. The van der Waals surface area contributed by atoms with Crippen LogP contribution in [-0.2, 0) is 9.53 Å². The zero-order valence-electron chi connectivity index (χ0n) is 11.4. The maximum Gasteiger partial charge on any atom is 0.254 e. The number of carbonyl (C=O) groups excluding carboxylic acids is 1. The Kier molecular flexibility index (Phi) is 5.12. The minimum absolute atomic E-state index is 0.161. The van der Waals surface area contributed by atoms with E-state index in [0.717, 1.165) is 16.9 Å². The highest BCUT2D eigenvalue weighted by atomic mass is 16.5. The predicted octanol–water partition coefficient (Wildman–Crippen LogP) is 0.973. The van der Waals surface area contributed by atoms with Gasteiger partial charge in [0.05, 0.1) is 0 Å². The largest absolute Gasteiger partial charge is 0.377 e. The molecule has 5 nitrogen and oxygen atoms in total. The molecule has 0 saturated carbocycles. The first-order valence-corrected chi connectivity index (χ1v) is 5.81. The van der Waals surface area contributed by atoms with Gasteiger partial charge >= 0.3 is 0 Å². The number of ether oxygens (including phenoxy) is 1. The molecule has 3 N–H and O–H groups in total. The van der Waals surface area contributed by atoms with Crippen molar-refractivity contribution in [2.45, 2.75) is 13.0 Å². The maximum atomic E-state index is 11.8.